The summed E-state index contributed by atoms with van der Waals surface area (Å²) >= 11 is 0. The average molecular weight is 376 g/mol. The molecule has 0 spiro atoms. The summed E-state index contributed by atoms with van der Waals surface area (Å²) < 4.78 is 13.6. The Morgan fingerprint density at radius 1 is 0.448 bits per heavy atom. The molecule has 138 valence electrons. The smallest absolute Gasteiger partial charge is 0.123 e. The minimum Gasteiger partial charge on any atom is -0.245 e. The maximum Gasteiger partial charge on any atom is 0.123 e. The predicted octanol–water partition coefficient (Wildman–Crippen LogP) is 6.75. The van der Waals surface area contributed by atoms with Crippen LogP contribution in [0.15, 0.2) is 113 Å². The maximum absolute atomic E-state index is 13.6. The largest absolute Gasteiger partial charge is 0.245 e. The highest BCUT2D eigenvalue weighted by molar-refractivity contribution is 6.54. The van der Waals surface area contributed by atoms with E-state index in [-0.39, 0.29) is 5.82 Å². The van der Waals surface area contributed by atoms with Crippen LogP contribution in [0.2, 0.25) is 0 Å². The number of aliphatic imine (C=N–C) groups is 2. The minimum absolute atomic E-state index is 0.274. The normalized spacial score (nSPS) is 12.7. The van der Waals surface area contributed by atoms with Crippen LogP contribution >= 0.6 is 0 Å². The van der Waals surface area contributed by atoms with E-state index in [1.165, 1.54) is 12.1 Å². The molecule has 0 N–H and O–H groups in total. The lowest BCUT2D eigenvalue weighted by Crippen LogP contribution is -2.18. The minimum atomic E-state index is -0.274. The average Bonchev–Trinajstić information content (AvgIpc) is 2.77. The molecule has 0 radical (unpaired) electrons. The summed E-state index contributed by atoms with van der Waals surface area (Å²) in [5.74, 6) is -0.274. The first kappa shape index (κ1) is 17.3. The fourth-order valence-electron chi connectivity index (χ4n) is 3.55. The van der Waals surface area contributed by atoms with Crippen molar-refractivity contribution in [1.82, 2.24) is 0 Å². The van der Waals surface area contributed by atoms with Gasteiger partial charge in [0, 0.05) is 22.3 Å². The van der Waals surface area contributed by atoms with Gasteiger partial charge in [-0.15, -0.1) is 0 Å². The number of hydrogen-bond acceptors (Lipinski definition) is 2. The topological polar surface area (TPSA) is 24.7 Å². The molecule has 4 aromatic carbocycles. The number of nitrogens with zero attached hydrogens (tertiary/aromatic N) is 2. The SMILES string of the molecule is Fc1ccc(C2=Nc3ccccc3-c3ccccc3N=C2c2ccccc2)cc1. The molecule has 0 aliphatic carbocycles. The molecule has 0 fully saturated rings. The van der Waals surface area contributed by atoms with Crippen LogP contribution in [-0.4, -0.2) is 11.4 Å². The standard InChI is InChI=1S/C26H17FN2/c27-20-16-14-19(15-17-20)26-25(18-8-2-1-3-9-18)28-23-12-6-4-10-21(23)22-11-5-7-13-24(22)29-26/h1-17H. The summed E-state index contributed by atoms with van der Waals surface area (Å²) in [6, 6.07) is 32.5. The Balaban J connectivity index is 1.84. The van der Waals surface area contributed by atoms with E-state index in [0.717, 1.165) is 45.1 Å². The zero-order valence-electron chi connectivity index (χ0n) is 15.6. The van der Waals surface area contributed by atoms with Crippen LogP contribution in [0.25, 0.3) is 11.1 Å². The first-order chi connectivity index (χ1) is 14.3. The van der Waals surface area contributed by atoms with Crippen molar-refractivity contribution in [3.05, 3.63) is 120 Å². The van der Waals surface area contributed by atoms with E-state index in [9.17, 15) is 4.39 Å². The molecule has 0 bridgehead atoms. The molecule has 3 heteroatoms. The monoisotopic (exact) mass is 376 g/mol. The Kier molecular flexibility index (Phi) is 4.34. The molecule has 29 heavy (non-hydrogen) atoms. The third-order valence-electron chi connectivity index (χ3n) is 4.95. The molecule has 0 amide bonds. The number of rotatable bonds is 2. The quantitative estimate of drug-likeness (QED) is 0.370. The van der Waals surface area contributed by atoms with Crippen LogP contribution in [0.3, 0.4) is 0 Å². The van der Waals surface area contributed by atoms with Gasteiger partial charge in [-0.3, -0.25) is 0 Å². The number of hydrogen-bond donors (Lipinski definition) is 0. The molecule has 0 unspecified atom stereocenters. The molecule has 1 heterocycles. The third kappa shape index (κ3) is 3.27. The second-order valence-corrected chi connectivity index (χ2v) is 6.83. The molecule has 0 atom stereocenters. The molecule has 0 saturated carbocycles. The van der Waals surface area contributed by atoms with Crippen molar-refractivity contribution in [2.75, 3.05) is 0 Å². The van der Waals surface area contributed by atoms with Gasteiger partial charge in [0.05, 0.1) is 22.8 Å². The summed E-state index contributed by atoms with van der Waals surface area (Å²) in [6.07, 6.45) is 0. The van der Waals surface area contributed by atoms with Crippen LogP contribution in [0.5, 0.6) is 0 Å². The van der Waals surface area contributed by atoms with Crippen LogP contribution in [0, 0.1) is 5.82 Å². The zero-order valence-corrected chi connectivity index (χ0v) is 15.6. The fraction of sp³-hybridized carbons (Fsp3) is 0. The molecular weight excluding hydrogens is 359 g/mol. The maximum atomic E-state index is 13.6. The molecule has 5 rings (SSSR count). The summed E-state index contributed by atoms with van der Waals surface area (Å²) in [5, 5.41) is 0. The Labute approximate surface area is 168 Å². The number of para-hydroxylation sites is 2. The Bertz CT molecular complexity index is 1240. The van der Waals surface area contributed by atoms with Gasteiger partial charge in [0.1, 0.15) is 5.82 Å². The molecule has 1 aliphatic rings. The van der Waals surface area contributed by atoms with E-state index in [1.54, 1.807) is 12.1 Å². The summed E-state index contributed by atoms with van der Waals surface area (Å²) in [6.45, 7) is 0. The molecule has 0 aromatic heterocycles. The molecule has 1 aliphatic heterocycles. The second kappa shape index (κ2) is 7.28. The highest BCUT2D eigenvalue weighted by Crippen LogP contribution is 2.39. The van der Waals surface area contributed by atoms with Crippen molar-refractivity contribution in [3.8, 4) is 11.1 Å². The van der Waals surface area contributed by atoms with Gasteiger partial charge in [0.15, 0.2) is 0 Å². The van der Waals surface area contributed by atoms with Crippen LogP contribution in [-0.2, 0) is 0 Å². The van der Waals surface area contributed by atoms with Crippen molar-refractivity contribution in [2.24, 2.45) is 9.98 Å². The van der Waals surface area contributed by atoms with Crippen molar-refractivity contribution in [3.63, 3.8) is 0 Å². The van der Waals surface area contributed by atoms with Gasteiger partial charge in [0.25, 0.3) is 0 Å². The van der Waals surface area contributed by atoms with Crippen molar-refractivity contribution >= 4 is 22.8 Å². The summed E-state index contributed by atoms with van der Waals surface area (Å²) in [5.41, 5.74) is 7.08. The van der Waals surface area contributed by atoms with Crippen molar-refractivity contribution in [1.29, 1.82) is 0 Å². The number of fused-ring (bicyclic) bond motifs is 3. The molecule has 4 aromatic rings. The zero-order chi connectivity index (χ0) is 19.6. The van der Waals surface area contributed by atoms with E-state index in [4.69, 9.17) is 9.98 Å². The Hall–Kier alpha value is -3.85. The predicted molar refractivity (Wildman–Crippen MR) is 117 cm³/mol. The van der Waals surface area contributed by atoms with E-state index >= 15 is 0 Å². The lowest BCUT2D eigenvalue weighted by Gasteiger charge is -2.18. The van der Waals surface area contributed by atoms with Crippen LogP contribution < -0.4 is 0 Å². The number of halogens is 1. The van der Waals surface area contributed by atoms with Gasteiger partial charge in [-0.2, -0.15) is 0 Å². The lowest BCUT2D eigenvalue weighted by molar-refractivity contribution is 0.628. The lowest BCUT2D eigenvalue weighted by atomic mass is 9.96. The summed E-state index contributed by atoms with van der Waals surface area (Å²) in [7, 11) is 0. The summed E-state index contributed by atoms with van der Waals surface area (Å²) in [4.78, 5) is 10.1. The number of benzene rings is 4. The highest BCUT2D eigenvalue weighted by atomic mass is 19.1. The first-order valence-electron chi connectivity index (χ1n) is 9.47. The van der Waals surface area contributed by atoms with Crippen molar-refractivity contribution in [2.45, 2.75) is 0 Å². The van der Waals surface area contributed by atoms with Gasteiger partial charge in [-0.25, -0.2) is 14.4 Å². The fourth-order valence-corrected chi connectivity index (χ4v) is 3.55. The van der Waals surface area contributed by atoms with Gasteiger partial charge >= 0.3 is 0 Å². The van der Waals surface area contributed by atoms with Crippen LogP contribution in [0.1, 0.15) is 11.1 Å². The van der Waals surface area contributed by atoms with E-state index in [1.807, 2.05) is 66.7 Å². The van der Waals surface area contributed by atoms with Gasteiger partial charge in [-0.1, -0.05) is 66.7 Å². The van der Waals surface area contributed by atoms with Gasteiger partial charge in [-0.05, 0) is 36.4 Å². The second-order valence-electron chi connectivity index (χ2n) is 6.83. The van der Waals surface area contributed by atoms with Gasteiger partial charge < -0.3 is 0 Å². The van der Waals surface area contributed by atoms with E-state index < -0.39 is 0 Å². The molecule has 2 nitrogen and oxygen atoms in total. The Morgan fingerprint density at radius 2 is 0.897 bits per heavy atom. The van der Waals surface area contributed by atoms with E-state index in [0.29, 0.717) is 0 Å². The first-order valence-corrected chi connectivity index (χ1v) is 9.47. The third-order valence-corrected chi connectivity index (χ3v) is 4.95. The highest BCUT2D eigenvalue weighted by Gasteiger charge is 2.20. The van der Waals surface area contributed by atoms with Crippen LogP contribution in [0.4, 0.5) is 15.8 Å². The Morgan fingerprint density at radius 3 is 1.45 bits per heavy atom. The molecule has 0 saturated heterocycles. The van der Waals surface area contributed by atoms with Crippen molar-refractivity contribution < 1.29 is 4.39 Å². The molecular formula is C26H17FN2. The van der Waals surface area contributed by atoms with Gasteiger partial charge in [0.2, 0.25) is 0 Å². The van der Waals surface area contributed by atoms with E-state index in [2.05, 4.69) is 12.1 Å².